The van der Waals surface area contributed by atoms with Gasteiger partial charge in [-0.1, -0.05) is 0 Å². The van der Waals surface area contributed by atoms with Crippen molar-refractivity contribution >= 4 is 11.3 Å². The molecule has 2 heterocycles. The lowest BCUT2D eigenvalue weighted by molar-refractivity contribution is 1.09. The summed E-state index contributed by atoms with van der Waals surface area (Å²) in [5.74, 6) is 0. The van der Waals surface area contributed by atoms with Crippen molar-refractivity contribution in [2.75, 3.05) is 0 Å². The number of rotatable bonds is 0. The Morgan fingerprint density at radius 1 is 1.33 bits per heavy atom. The fourth-order valence-electron chi connectivity index (χ4n) is 0.627. The van der Waals surface area contributed by atoms with E-state index in [1.165, 1.54) is 0 Å². The van der Waals surface area contributed by atoms with Gasteiger partial charge in [0, 0.05) is 0 Å². The minimum atomic E-state index is 0.877. The Balaban J connectivity index is 2.79. The van der Waals surface area contributed by atoms with Crippen LogP contribution in [0.4, 0.5) is 0 Å². The molecule has 2 aliphatic heterocycles. The second kappa shape index (κ2) is 1.73. The van der Waals surface area contributed by atoms with Crippen LogP contribution in [0.15, 0.2) is 17.9 Å². The molecule has 0 amide bonds. The number of hydrogen-bond donors (Lipinski definition) is 0. The van der Waals surface area contributed by atoms with Gasteiger partial charge in [0.2, 0.25) is 0 Å². The van der Waals surface area contributed by atoms with Gasteiger partial charge in [-0.15, -0.1) is 16.4 Å². The van der Waals surface area contributed by atoms with Crippen LogP contribution in [0.2, 0.25) is 0 Å². The van der Waals surface area contributed by atoms with Crippen molar-refractivity contribution in [3.63, 3.8) is 0 Å². The average Bonchev–Trinajstić information content (AvgIpc) is 2.33. The second-order valence-corrected chi connectivity index (χ2v) is 2.48. The summed E-state index contributed by atoms with van der Waals surface area (Å²) in [7, 11) is 0. The van der Waals surface area contributed by atoms with Crippen molar-refractivity contribution in [2.24, 2.45) is 0 Å². The van der Waals surface area contributed by atoms with Crippen molar-refractivity contribution in [1.29, 1.82) is 0 Å². The van der Waals surface area contributed by atoms with Crippen LogP contribution in [0.3, 0.4) is 0 Å². The summed E-state index contributed by atoms with van der Waals surface area (Å²) in [6.45, 7) is 0. The first-order valence-electron chi connectivity index (χ1n) is 2.47. The van der Waals surface area contributed by atoms with Crippen LogP contribution in [-0.4, -0.2) is 15.2 Å². The van der Waals surface area contributed by atoms with Crippen molar-refractivity contribution in [2.45, 2.75) is 0 Å². The predicted octanol–water partition coefficient (Wildman–Crippen LogP) is 1.04. The molecular weight excluding hydrogens is 134 g/mol. The van der Waals surface area contributed by atoms with E-state index in [4.69, 9.17) is 0 Å². The molecule has 0 aromatic rings. The van der Waals surface area contributed by atoms with Crippen molar-refractivity contribution in [3.8, 4) is 10.6 Å². The summed E-state index contributed by atoms with van der Waals surface area (Å²) in [6, 6.07) is 0. The van der Waals surface area contributed by atoms with Crippen LogP contribution in [0, 0.1) is 0 Å². The normalized spacial score (nSPS) is 10.2. The topological polar surface area (TPSA) is 38.7 Å². The van der Waals surface area contributed by atoms with E-state index in [1.54, 1.807) is 29.2 Å². The van der Waals surface area contributed by atoms with E-state index in [2.05, 4.69) is 15.2 Å². The van der Waals surface area contributed by atoms with Crippen LogP contribution in [0.25, 0.3) is 10.6 Å². The first-order chi connectivity index (χ1) is 4.47. The molecule has 0 aromatic heterocycles. The molecule has 2 aliphatic rings. The summed E-state index contributed by atoms with van der Waals surface area (Å²) in [4.78, 5) is 4.99. The third-order valence-electron chi connectivity index (χ3n) is 1.03. The van der Waals surface area contributed by atoms with E-state index >= 15 is 0 Å². The Morgan fingerprint density at radius 2 is 2.33 bits per heavy atom. The lowest BCUT2D eigenvalue weighted by Crippen LogP contribution is -1.73. The Morgan fingerprint density at radius 3 is 3.22 bits per heavy atom. The van der Waals surface area contributed by atoms with Gasteiger partial charge in [0.1, 0.15) is 5.69 Å². The van der Waals surface area contributed by atoms with Gasteiger partial charge in [0.15, 0.2) is 0 Å². The van der Waals surface area contributed by atoms with Gasteiger partial charge < -0.3 is 0 Å². The van der Waals surface area contributed by atoms with E-state index in [9.17, 15) is 0 Å². The van der Waals surface area contributed by atoms with Crippen LogP contribution in [0.5, 0.6) is 0 Å². The third-order valence-corrected chi connectivity index (χ3v) is 1.83. The standard InChI is InChI=1S/C5H3N3S/c1-4-5(2-7-8-4)9-3-6-1/h1-3H. The fourth-order valence-corrected chi connectivity index (χ4v) is 1.18. The van der Waals surface area contributed by atoms with Gasteiger partial charge in [0.25, 0.3) is 0 Å². The molecule has 0 N–H and O–H groups in total. The van der Waals surface area contributed by atoms with Crippen molar-refractivity contribution in [3.05, 3.63) is 17.9 Å². The first-order valence-corrected chi connectivity index (χ1v) is 3.35. The van der Waals surface area contributed by atoms with Gasteiger partial charge in [-0.2, -0.15) is 5.10 Å². The molecule has 0 bridgehead atoms. The summed E-state index contributed by atoms with van der Waals surface area (Å²) >= 11 is 1.55. The molecule has 3 nitrogen and oxygen atoms in total. The number of aromatic nitrogens is 3. The molecule has 0 unspecified atom stereocenters. The quantitative estimate of drug-likeness (QED) is 0.544. The summed E-state index contributed by atoms with van der Waals surface area (Å²) in [6.07, 6.45) is 3.44. The highest BCUT2D eigenvalue weighted by Gasteiger charge is 2.01. The van der Waals surface area contributed by atoms with Crippen LogP contribution >= 0.6 is 11.3 Å². The summed E-state index contributed by atoms with van der Waals surface area (Å²) in [5, 5.41) is 7.54. The number of hydrogen-bond acceptors (Lipinski definition) is 4. The third kappa shape index (κ3) is 0.675. The van der Waals surface area contributed by atoms with E-state index in [1.807, 2.05) is 0 Å². The maximum atomic E-state index is 3.90. The van der Waals surface area contributed by atoms with Gasteiger partial charge in [-0.25, -0.2) is 0 Å². The molecule has 9 heavy (non-hydrogen) atoms. The molecule has 0 atom stereocenters. The van der Waals surface area contributed by atoms with Crippen LogP contribution in [0.1, 0.15) is 0 Å². The van der Waals surface area contributed by atoms with Crippen LogP contribution in [-0.2, 0) is 0 Å². The smallest absolute Gasteiger partial charge is 0.123 e. The van der Waals surface area contributed by atoms with Gasteiger partial charge in [0.05, 0.1) is 22.8 Å². The zero-order valence-corrected chi connectivity index (χ0v) is 5.30. The SMILES string of the molecule is c1ncc2nncc-2s1. The highest BCUT2D eigenvalue weighted by Crippen LogP contribution is 2.19. The Hall–Kier alpha value is -1.03. The highest BCUT2D eigenvalue weighted by atomic mass is 32.1. The molecule has 2 rings (SSSR count). The maximum absolute atomic E-state index is 3.90. The van der Waals surface area contributed by atoms with E-state index in [0.717, 1.165) is 10.6 Å². The lowest BCUT2D eigenvalue weighted by atomic mass is 10.4. The highest BCUT2D eigenvalue weighted by molar-refractivity contribution is 7.12. The first kappa shape index (κ1) is 4.81. The molecule has 0 radical (unpaired) electrons. The lowest BCUT2D eigenvalue weighted by Gasteiger charge is -1.86. The zero-order valence-electron chi connectivity index (χ0n) is 4.48. The predicted molar refractivity (Wildman–Crippen MR) is 34.3 cm³/mol. The molecule has 4 heteroatoms. The van der Waals surface area contributed by atoms with Gasteiger partial charge >= 0.3 is 0 Å². The Kier molecular flexibility index (Phi) is 0.927. The number of nitrogens with zero attached hydrogens (tertiary/aromatic N) is 3. The van der Waals surface area contributed by atoms with E-state index < -0.39 is 0 Å². The van der Waals surface area contributed by atoms with E-state index in [0.29, 0.717) is 0 Å². The fraction of sp³-hybridized carbons (Fsp3) is 0. The molecule has 0 aliphatic carbocycles. The largest absolute Gasteiger partial charge is 0.252 e. The Bertz CT molecular complexity index is 252. The minimum absolute atomic E-state index is 0.877. The molecule has 0 fully saturated rings. The van der Waals surface area contributed by atoms with Crippen molar-refractivity contribution in [1.82, 2.24) is 15.2 Å². The average molecular weight is 137 g/mol. The maximum Gasteiger partial charge on any atom is 0.123 e. The van der Waals surface area contributed by atoms with Gasteiger partial charge in [-0.05, 0) is 0 Å². The zero-order chi connectivity index (χ0) is 6.10. The van der Waals surface area contributed by atoms with Crippen LogP contribution < -0.4 is 0 Å². The molecule has 0 spiro atoms. The molecule has 0 saturated carbocycles. The van der Waals surface area contributed by atoms with E-state index in [-0.39, 0.29) is 0 Å². The van der Waals surface area contributed by atoms with Gasteiger partial charge in [-0.3, -0.25) is 4.98 Å². The summed E-state index contributed by atoms with van der Waals surface area (Å²) in [5.41, 5.74) is 2.65. The monoisotopic (exact) mass is 137 g/mol. The molecular formula is C5H3N3S. The van der Waals surface area contributed by atoms with Crippen molar-refractivity contribution < 1.29 is 0 Å². The molecule has 44 valence electrons. The molecule has 0 aromatic carbocycles. The minimum Gasteiger partial charge on any atom is -0.252 e. The second-order valence-electron chi connectivity index (χ2n) is 1.60. The molecule has 0 saturated heterocycles. The summed E-state index contributed by atoms with van der Waals surface area (Å²) < 4.78 is 0. The number of fused-ring (bicyclic) bond motifs is 1. The Labute approximate surface area is 55.7 Å².